The lowest BCUT2D eigenvalue weighted by atomic mass is 10.2. The van der Waals surface area contributed by atoms with E-state index in [-0.39, 0.29) is 0 Å². The Morgan fingerprint density at radius 1 is 1.91 bits per heavy atom. The molecule has 6 heteroatoms. The van der Waals surface area contributed by atoms with E-state index in [4.69, 9.17) is 10.6 Å². The van der Waals surface area contributed by atoms with E-state index in [0.29, 0.717) is 6.42 Å². The van der Waals surface area contributed by atoms with Crippen LogP contribution in [0.5, 0.6) is 0 Å². The van der Waals surface area contributed by atoms with Crippen LogP contribution >= 0.6 is 11.8 Å². The predicted molar refractivity (Wildman–Crippen MR) is 41.7 cm³/mol. The molecule has 0 fully saturated rings. The van der Waals surface area contributed by atoms with Gasteiger partial charge in [0.15, 0.2) is 0 Å². The van der Waals surface area contributed by atoms with Gasteiger partial charge in [0.25, 0.3) is 0 Å². The lowest BCUT2D eigenvalue weighted by molar-refractivity contribution is -0.138. The normalized spacial score (nSPS) is 11.7. The molecule has 1 atom stereocenters. The molecule has 0 bridgehead atoms. The highest BCUT2D eigenvalue weighted by atomic mass is 32.2. The molecule has 5 nitrogen and oxygen atoms in total. The molecule has 1 unspecified atom stereocenters. The van der Waals surface area contributed by atoms with Crippen molar-refractivity contribution in [2.45, 2.75) is 12.5 Å². The summed E-state index contributed by atoms with van der Waals surface area (Å²) in [4.78, 5) is 13.0. The average molecular weight is 176 g/mol. The third-order valence-corrected chi connectivity index (χ3v) is 1.72. The quantitative estimate of drug-likeness (QED) is 0.478. The van der Waals surface area contributed by atoms with Crippen molar-refractivity contribution in [1.82, 2.24) is 4.91 Å². The van der Waals surface area contributed by atoms with E-state index in [1.807, 2.05) is 6.26 Å². The average Bonchev–Trinajstić information content (AvgIpc) is 1.97. The van der Waals surface area contributed by atoms with Gasteiger partial charge < -0.3 is 5.11 Å². The van der Waals surface area contributed by atoms with Gasteiger partial charge in [0, 0.05) is 0 Å². The van der Waals surface area contributed by atoms with Crippen LogP contribution in [-0.2, 0) is 4.79 Å². The molecule has 0 aliphatic heterocycles. The topological polar surface area (TPSA) is 87.6 Å². The fourth-order valence-electron chi connectivity index (χ4n) is 0.530. The molecule has 0 radical (unpaired) electrons. The molecule has 0 rings (SSSR count). The van der Waals surface area contributed by atoms with Crippen LogP contribution in [0.4, 0.5) is 0 Å². The van der Waals surface area contributed by atoms with Crippen LogP contribution in [0.25, 0.3) is 0 Å². The zero-order valence-electron chi connectivity index (χ0n) is 6.15. The van der Waals surface area contributed by atoms with Gasteiger partial charge in [0.1, 0.15) is 10.6 Å². The second-order valence-corrected chi connectivity index (χ2v) is 2.84. The van der Waals surface area contributed by atoms with Crippen LogP contribution in [0.2, 0.25) is 0 Å². The maximum Gasteiger partial charge on any atom is 0.336 e. The Bertz CT molecular complexity index is 177. The van der Waals surface area contributed by atoms with Gasteiger partial charge in [-0.1, -0.05) is 0 Å². The van der Waals surface area contributed by atoms with E-state index in [9.17, 15) is 4.79 Å². The van der Waals surface area contributed by atoms with Crippen molar-refractivity contribution in [3.8, 4) is 0 Å². The van der Waals surface area contributed by atoms with Crippen LogP contribution in [-0.4, -0.2) is 29.1 Å². The first kappa shape index (κ1) is 10.1. The van der Waals surface area contributed by atoms with Crippen LogP contribution in [0, 0.1) is 5.53 Å². The number of thioether (sulfide) groups is 1. The van der Waals surface area contributed by atoms with E-state index in [1.165, 1.54) is 0 Å². The summed E-state index contributed by atoms with van der Waals surface area (Å²) in [6.07, 6.45) is 2.32. The van der Waals surface area contributed by atoms with Crippen molar-refractivity contribution in [1.29, 1.82) is 5.53 Å². The molecule has 11 heavy (non-hydrogen) atoms. The molecular weight excluding hydrogens is 166 g/mol. The number of nitrogens with one attached hydrogen (secondary N) is 1. The lowest BCUT2D eigenvalue weighted by Crippen LogP contribution is -2.18. The Hall–Kier alpha value is -0.870. The van der Waals surface area contributed by atoms with Crippen molar-refractivity contribution in [2.24, 2.45) is 5.11 Å². The Balaban J connectivity index is 3.89. The monoisotopic (exact) mass is 176 g/mol. The number of aliphatic carboxylic acids is 1. The third-order valence-electron chi connectivity index (χ3n) is 1.08. The van der Waals surface area contributed by atoms with Gasteiger partial charge >= 0.3 is 5.97 Å². The molecule has 0 aliphatic rings. The lowest BCUT2D eigenvalue weighted by Gasteiger charge is -1.96. The molecule has 0 saturated heterocycles. The van der Waals surface area contributed by atoms with Crippen molar-refractivity contribution in [2.75, 3.05) is 12.0 Å². The van der Waals surface area contributed by atoms with E-state index < -0.39 is 12.0 Å². The minimum atomic E-state index is -1.02. The first-order valence-corrected chi connectivity index (χ1v) is 4.40. The molecule has 0 heterocycles. The minimum Gasteiger partial charge on any atom is -0.479 e. The van der Waals surface area contributed by atoms with Crippen LogP contribution in [0.3, 0.4) is 0 Å². The summed E-state index contributed by atoms with van der Waals surface area (Å²) in [5.41, 5.74) is 6.35. The summed E-state index contributed by atoms with van der Waals surface area (Å²) in [6.45, 7) is 0. The zero-order valence-corrected chi connectivity index (χ0v) is 6.97. The van der Waals surface area contributed by atoms with Gasteiger partial charge in [-0.25, -0.2) is 4.79 Å². The van der Waals surface area contributed by atoms with Crippen molar-refractivity contribution in [3.63, 3.8) is 0 Å². The third kappa shape index (κ3) is 4.52. The first-order valence-electron chi connectivity index (χ1n) is 3.00. The molecule has 0 spiro atoms. The maximum atomic E-state index is 10.3. The van der Waals surface area contributed by atoms with Crippen LogP contribution in [0.15, 0.2) is 5.11 Å². The molecule has 0 aromatic heterocycles. The highest BCUT2D eigenvalue weighted by Crippen LogP contribution is 2.03. The Kier molecular flexibility index (Phi) is 5.42. The standard InChI is InChI=1S/C5H9N3O2S/c1-11-3-2-4(5(9)10)7-8-6/h4,6H,2-3H2,1H3/p+1. The SMILES string of the molecule is CSCCC(N=[N+]=N)C(=O)O. The molecule has 0 amide bonds. The van der Waals surface area contributed by atoms with Gasteiger partial charge in [-0.05, 0) is 18.4 Å². The summed E-state index contributed by atoms with van der Waals surface area (Å²) in [7, 11) is 0. The first-order chi connectivity index (χ1) is 5.22. The number of hydrogen-bond acceptors (Lipinski definition) is 4. The van der Waals surface area contributed by atoms with E-state index in [2.05, 4.69) is 10.0 Å². The second-order valence-electron chi connectivity index (χ2n) is 1.85. The van der Waals surface area contributed by atoms with Gasteiger partial charge in [0.2, 0.25) is 11.0 Å². The highest BCUT2D eigenvalue weighted by molar-refractivity contribution is 7.98. The number of carboxylic acid groups (broad SMARTS) is 1. The minimum absolute atomic E-state index is 0.429. The molecule has 0 aliphatic carbocycles. The van der Waals surface area contributed by atoms with Gasteiger partial charge in [-0.3, -0.25) is 0 Å². The highest BCUT2D eigenvalue weighted by Gasteiger charge is 2.20. The summed E-state index contributed by atoms with van der Waals surface area (Å²) >= 11 is 1.55. The molecular formula is C5H10N3O2S+. The number of carbonyl (C=O) groups is 1. The Morgan fingerprint density at radius 2 is 2.55 bits per heavy atom. The van der Waals surface area contributed by atoms with E-state index >= 15 is 0 Å². The Labute approximate surface area is 68.4 Å². The molecule has 62 valence electrons. The van der Waals surface area contributed by atoms with E-state index in [0.717, 1.165) is 5.75 Å². The van der Waals surface area contributed by atoms with Crippen molar-refractivity contribution in [3.05, 3.63) is 0 Å². The number of nitrogens with zero attached hydrogens (tertiary/aromatic N) is 2. The predicted octanol–water partition coefficient (Wildman–Crippen LogP) is 0.743. The van der Waals surface area contributed by atoms with E-state index in [1.54, 1.807) is 11.8 Å². The van der Waals surface area contributed by atoms with Gasteiger partial charge in [0.05, 0.1) is 0 Å². The fraction of sp³-hybridized carbons (Fsp3) is 0.800. The second kappa shape index (κ2) is 5.88. The molecule has 2 N–H and O–H groups in total. The zero-order chi connectivity index (χ0) is 8.69. The summed E-state index contributed by atoms with van der Waals surface area (Å²) in [5, 5.41) is 11.7. The largest absolute Gasteiger partial charge is 0.479 e. The fourth-order valence-corrected chi connectivity index (χ4v) is 0.989. The number of carboxylic acids is 1. The molecule has 0 aromatic rings. The van der Waals surface area contributed by atoms with Gasteiger partial charge in [-0.15, -0.1) is 0 Å². The summed E-state index contributed by atoms with van der Waals surface area (Å²) in [6, 6.07) is -0.847. The Morgan fingerprint density at radius 3 is 2.91 bits per heavy atom. The molecule has 0 saturated carbocycles. The number of rotatable bonds is 5. The molecule has 0 aromatic carbocycles. The van der Waals surface area contributed by atoms with Gasteiger partial charge in [-0.2, -0.15) is 11.8 Å². The van der Waals surface area contributed by atoms with Crippen LogP contribution < -0.4 is 4.91 Å². The maximum absolute atomic E-state index is 10.3. The van der Waals surface area contributed by atoms with Crippen molar-refractivity contribution < 1.29 is 9.90 Å². The summed E-state index contributed by atoms with van der Waals surface area (Å²) in [5.74, 6) is -0.300. The number of hydrogen-bond donors (Lipinski definition) is 2. The van der Waals surface area contributed by atoms with Crippen molar-refractivity contribution >= 4 is 17.7 Å². The smallest absolute Gasteiger partial charge is 0.336 e. The van der Waals surface area contributed by atoms with Crippen LogP contribution in [0.1, 0.15) is 6.42 Å². The summed E-state index contributed by atoms with van der Waals surface area (Å²) < 4.78 is 0.